The molecule has 2 rings (SSSR count). The highest BCUT2D eigenvalue weighted by Gasteiger charge is 2.19. The molecule has 1 aliphatic carbocycles. The van der Waals surface area contributed by atoms with Crippen LogP contribution in [0, 0.1) is 0 Å². The summed E-state index contributed by atoms with van der Waals surface area (Å²) in [6.45, 7) is 0.831. The Morgan fingerprint density at radius 3 is 2.83 bits per heavy atom. The zero-order chi connectivity index (χ0) is 12.8. The van der Waals surface area contributed by atoms with E-state index in [0.29, 0.717) is 23.4 Å². The Morgan fingerprint density at radius 2 is 2.22 bits per heavy atom. The van der Waals surface area contributed by atoms with E-state index in [1.807, 2.05) is 12.4 Å². The molecular formula is C12H17N3O2S. The first-order valence-corrected chi connectivity index (χ1v) is 7.00. The predicted octanol–water partition coefficient (Wildman–Crippen LogP) is 1.38. The Bertz CT molecular complexity index is 393. The van der Waals surface area contributed by atoms with Gasteiger partial charge in [-0.2, -0.15) is 0 Å². The van der Waals surface area contributed by atoms with Gasteiger partial charge in [0.05, 0.1) is 13.5 Å². The van der Waals surface area contributed by atoms with E-state index in [9.17, 15) is 4.79 Å². The number of esters is 1. The van der Waals surface area contributed by atoms with E-state index in [-0.39, 0.29) is 5.97 Å². The Balaban J connectivity index is 1.70. The van der Waals surface area contributed by atoms with Crippen molar-refractivity contribution in [1.29, 1.82) is 0 Å². The van der Waals surface area contributed by atoms with Gasteiger partial charge >= 0.3 is 5.97 Å². The standard InChI is InChI=1S/C12H17N3O2S/c1-17-11(16)4-5-18-12-14-7-9(8-15-12)6-13-10-2-3-10/h7-8,10,13H,2-6H2,1H3. The zero-order valence-electron chi connectivity index (χ0n) is 10.4. The smallest absolute Gasteiger partial charge is 0.306 e. The Labute approximate surface area is 111 Å². The molecular weight excluding hydrogens is 250 g/mol. The average Bonchev–Trinajstić information content (AvgIpc) is 3.21. The largest absolute Gasteiger partial charge is 0.469 e. The quantitative estimate of drug-likeness (QED) is 0.457. The van der Waals surface area contributed by atoms with Crippen LogP contribution in [-0.2, 0) is 16.1 Å². The highest BCUT2D eigenvalue weighted by molar-refractivity contribution is 7.99. The highest BCUT2D eigenvalue weighted by Crippen LogP contribution is 2.19. The third-order valence-electron chi connectivity index (χ3n) is 2.62. The molecule has 0 bridgehead atoms. The fourth-order valence-corrected chi connectivity index (χ4v) is 2.09. The van der Waals surface area contributed by atoms with Gasteiger partial charge in [0, 0.05) is 36.3 Å². The third kappa shape index (κ3) is 4.62. The molecule has 0 aromatic carbocycles. The van der Waals surface area contributed by atoms with Crippen molar-refractivity contribution < 1.29 is 9.53 Å². The Hall–Kier alpha value is -1.14. The first-order valence-electron chi connectivity index (χ1n) is 6.02. The number of carbonyl (C=O) groups is 1. The van der Waals surface area contributed by atoms with E-state index >= 15 is 0 Å². The topological polar surface area (TPSA) is 64.1 Å². The van der Waals surface area contributed by atoms with Crippen LogP contribution in [0.4, 0.5) is 0 Å². The van der Waals surface area contributed by atoms with E-state index in [4.69, 9.17) is 0 Å². The molecule has 0 aliphatic heterocycles. The molecule has 1 aromatic heterocycles. The van der Waals surface area contributed by atoms with Crippen LogP contribution in [0.1, 0.15) is 24.8 Å². The van der Waals surface area contributed by atoms with Gasteiger partial charge in [-0.15, -0.1) is 0 Å². The van der Waals surface area contributed by atoms with Crippen LogP contribution >= 0.6 is 11.8 Å². The van der Waals surface area contributed by atoms with Crippen molar-refractivity contribution in [1.82, 2.24) is 15.3 Å². The van der Waals surface area contributed by atoms with Crippen LogP contribution in [0.5, 0.6) is 0 Å². The highest BCUT2D eigenvalue weighted by atomic mass is 32.2. The first kappa shape index (κ1) is 13.3. The van der Waals surface area contributed by atoms with Crippen LogP contribution in [0.25, 0.3) is 0 Å². The SMILES string of the molecule is COC(=O)CCSc1ncc(CNC2CC2)cn1. The minimum absolute atomic E-state index is 0.201. The number of aromatic nitrogens is 2. The molecule has 1 N–H and O–H groups in total. The summed E-state index contributed by atoms with van der Waals surface area (Å²) < 4.78 is 4.57. The lowest BCUT2D eigenvalue weighted by Gasteiger charge is -2.03. The second kappa shape index (κ2) is 6.70. The number of nitrogens with zero attached hydrogens (tertiary/aromatic N) is 2. The zero-order valence-corrected chi connectivity index (χ0v) is 11.2. The number of thioether (sulfide) groups is 1. The fourth-order valence-electron chi connectivity index (χ4n) is 1.39. The van der Waals surface area contributed by atoms with E-state index in [2.05, 4.69) is 20.0 Å². The Morgan fingerprint density at radius 1 is 1.50 bits per heavy atom. The number of carbonyl (C=O) groups excluding carboxylic acids is 1. The maximum absolute atomic E-state index is 10.9. The van der Waals surface area contributed by atoms with Gasteiger partial charge in [-0.25, -0.2) is 9.97 Å². The van der Waals surface area contributed by atoms with Gasteiger partial charge in [-0.05, 0) is 12.8 Å². The molecule has 0 saturated heterocycles. The number of hydrogen-bond donors (Lipinski definition) is 1. The van der Waals surface area contributed by atoms with E-state index in [1.165, 1.54) is 31.7 Å². The summed E-state index contributed by atoms with van der Waals surface area (Å²) in [6.07, 6.45) is 6.62. The molecule has 0 amide bonds. The summed E-state index contributed by atoms with van der Waals surface area (Å²) in [4.78, 5) is 19.4. The van der Waals surface area contributed by atoms with Crippen molar-refractivity contribution in [3.05, 3.63) is 18.0 Å². The second-order valence-electron chi connectivity index (χ2n) is 4.20. The van der Waals surface area contributed by atoms with Gasteiger partial charge in [0.25, 0.3) is 0 Å². The molecule has 0 atom stereocenters. The van der Waals surface area contributed by atoms with Crippen molar-refractivity contribution in [3.63, 3.8) is 0 Å². The van der Waals surface area contributed by atoms with Crippen LogP contribution in [0.2, 0.25) is 0 Å². The minimum Gasteiger partial charge on any atom is -0.469 e. The van der Waals surface area contributed by atoms with E-state index in [0.717, 1.165) is 12.1 Å². The molecule has 0 radical (unpaired) electrons. The van der Waals surface area contributed by atoms with E-state index in [1.54, 1.807) is 0 Å². The van der Waals surface area contributed by atoms with Gasteiger partial charge in [-0.1, -0.05) is 11.8 Å². The molecule has 6 heteroatoms. The molecule has 18 heavy (non-hydrogen) atoms. The van der Waals surface area contributed by atoms with Gasteiger partial charge in [0.15, 0.2) is 5.16 Å². The lowest BCUT2D eigenvalue weighted by molar-refractivity contribution is -0.140. The predicted molar refractivity (Wildman–Crippen MR) is 69.3 cm³/mol. The van der Waals surface area contributed by atoms with Crippen molar-refractivity contribution >= 4 is 17.7 Å². The average molecular weight is 267 g/mol. The van der Waals surface area contributed by atoms with Crippen molar-refractivity contribution in [2.45, 2.75) is 37.0 Å². The minimum atomic E-state index is -0.201. The lowest BCUT2D eigenvalue weighted by Crippen LogP contribution is -2.15. The van der Waals surface area contributed by atoms with Crippen molar-refractivity contribution in [2.75, 3.05) is 12.9 Å². The van der Waals surface area contributed by atoms with Crippen molar-refractivity contribution in [2.24, 2.45) is 0 Å². The molecule has 98 valence electrons. The summed E-state index contributed by atoms with van der Waals surface area (Å²) in [6, 6.07) is 0.694. The monoisotopic (exact) mass is 267 g/mol. The van der Waals surface area contributed by atoms with Crippen LogP contribution < -0.4 is 5.32 Å². The number of methoxy groups -OCH3 is 1. The van der Waals surface area contributed by atoms with E-state index < -0.39 is 0 Å². The molecule has 1 aromatic rings. The molecule has 1 saturated carbocycles. The van der Waals surface area contributed by atoms with Crippen LogP contribution in [0.15, 0.2) is 17.6 Å². The molecule has 0 unspecified atom stereocenters. The molecule has 0 spiro atoms. The summed E-state index contributed by atoms with van der Waals surface area (Å²) in [5.74, 6) is 0.444. The van der Waals surface area contributed by atoms with Gasteiger partial charge < -0.3 is 10.1 Å². The van der Waals surface area contributed by atoms with Crippen molar-refractivity contribution in [3.8, 4) is 0 Å². The first-order chi connectivity index (χ1) is 8.78. The maximum Gasteiger partial charge on any atom is 0.306 e. The summed E-state index contributed by atoms with van der Waals surface area (Å²) in [7, 11) is 1.39. The number of hydrogen-bond acceptors (Lipinski definition) is 6. The lowest BCUT2D eigenvalue weighted by atomic mass is 10.3. The molecule has 5 nitrogen and oxygen atoms in total. The van der Waals surface area contributed by atoms with Gasteiger partial charge in [0.2, 0.25) is 0 Å². The van der Waals surface area contributed by atoms with Gasteiger partial charge in [0.1, 0.15) is 0 Å². The summed E-state index contributed by atoms with van der Waals surface area (Å²) >= 11 is 1.47. The van der Waals surface area contributed by atoms with Crippen LogP contribution in [-0.4, -0.2) is 34.8 Å². The second-order valence-corrected chi connectivity index (χ2v) is 5.27. The summed E-state index contributed by atoms with van der Waals surface area (Å²) in [5.41, 5.74) is 1.10. The number of rotatable bonds is 7. The molecule has 1 fully saturated rings. The normalized spacial score (nSPS) is 14.5. The number of ether oxygens (including phenoxy) is 1. The maximum atomic E-state index is 10.9. The molecule has 1 heterocycles. The van der Waals surface area contributed by atoms with Crippen LogP contribution in [0.3, 0.4) is 0 Å². The Kier molecular flexibility index (Phi) is 4.95. The third-order valence-corrected chi connectivity index (χ3v) is 3.50. The molecule has 1 aliphatic rings. The van der Waals surface area contributed by atoms with Gasteiger partial charge in [-0.3, -0.25) is 4.79 Å². The number of nitrogens with one attached hydrogen (secondary N) is 1. The fraction of sp³-hybridized carbons (Fsp3) is 0.583. The summed E-state index contributed by atoms with van der Waals surface area (Å²) in [5, 5.41) is 4.11.